The van der Waals surface area contributed by atoms with Crippen molar-refractivity contribution in [1.29, 1.82) is 0 Å². The number of hydrogen-bond donors (Lipinski definition) is 2. The SMILES string of the molecule is CCC(O)(CCCC(N)=O)CC(C)C. The molecular formula is C11H23NO2. The maximum atomic E-state index is 10.5. The highest BCUT2D eigenvalue weighted by Crippen LogP contribution is 2.26. The van der Waals surface area contributed by atoms with Gasteiger partial charge in [0.25, 0.3) is 0 Å². The number of carbonyl (C=O) groups is 1. The van der Waals surface area contributed by atoms with Crippen LogP contribution in [0, 0.1) is 5.92 Å². The molecule has 0 aromatic carbocycles. The summed E-state index contributed by atoms with van der Waals surface area (Å²) in [5, 5.41) is 10.2. The molecule has 0 fully saturated rings. The summed E-state index contributed by atoms with van der Waals surface area (Å²) in [6.45, 7) is 6.16. The molecule has 0 radical (unpaired) electrons. The van der Waals surface area contributed by atoms with E-state index in [1.54, 1.807) is 0 Å². The smallest absolute Gasteiger partial charge is 0.217 e. The third-order valence-corrected chi connectivity index (χ3v) is 2.51. The van der Waals surface area contributed by atoms with Crippen molar-refractivity contribution in [2.45, 2.75) is 58.5 Å². The van der Waals surface area contributed by atoms with Crippen LogP contribution in [0.2, 0.25) is 0 Å². The van der Waals surface area contributed by atoms with E-state index in [0.29, 0.717) is 25.2 Å². The first-order valence-corrected chi connectivity index (χ1v) is 5.40. The highest BCUT2D eigenvalue weighted by atomic mass is 16.3. The number of carbonyl (C=O) groups excluding carboxylic acids is 1. The van der Waals surface area contributed by atoms with E-state index in [0.717, 1.165) is 12.8 Å². The zero-order valence-electron chi connectivity index (χ0n) is 9.55. The largest absolute Gasteiger partial charge is 0.390 e. The van der Waals surface area contributed by atoms with E-state index in [1.165, 1.54) is 0 Å². The van der Waals surface area contributed by atoms with Gasteiger partial charge in [-0.25, -0.2) is 0 Å². The van der Waals surface area contributed by atoms with Crippen LogP contribution in [0.15, 0.2) is 0 Å². The summed E-state index contributed by atoms with van der Waals surface area (Å²) >= 11 is 0. The van der Waals surface area contributed by atoms with E-state index in [9.17, 15) is 9.90 Å². The molecule has 0 aromatic heterocycles. The van der Waals surface area contributed by atoms with Gasteiger partial charge in [-0.3, -0.25) is 4.79 Å². The van der Waals surface area contributed by atoms with Crippen molar-refractivity contribution in [3.63, 3.8) is 0 Å². The Labute approximate surface area is 86.7 Å². The Morgan fingerprint density at radius 1 is 1.50 bits per heavy atom. The van der Waals surface area contributed by atoms with Gasteiger partial charge < -0.3 is 10.8 Å². The van der Waals surface area contributed by atoms with Crippen LogP contribution in [0.4, 0.5) is 0 Å². The molecule has 0 saturated carbocycles. The van der Waals surface area contributed by atoms with E-state index in [-0.39, 0.29) is 5.91 Å². The summed E-state index contributed by atoms with van der Waals surface area (Å²) in [4.78, 5) is 10.5. The molecule has 3 N–H and O–H groups in total. The molecule has 0 aliphatic heterocycles. The lowest BCUT2D eigenvalue weighted by Crippen LogP contribution is -2.30. The second-order valence-electron chi connectivity index (χ2n) is 4.50. The molecule has 3 heteroatoms. The summed E-state index contributed by atoms with van der Waals surface area (Å²) in [6.07, 6.45) is 3.27. The molecule has 1 amide bonds. The number of nitrogens with two attached hydrogens (primary N) is 1. The predicted octanol–water partition coefficient (Wildman–Crippen LogP) is 1.83. The first-order valence-electron chi connectivity index (χ1n) is 5.40. The molecular weight excluding hydrogens is 178 g/mol. The van der Waals surface area contributed by atoms with Gasteiger partial charge in [0.1, 0.15) is 0 Å². The Hall–Kier alpha value is -0.570. The molecule has 0 rings (SSSR count). The van der Waals surface area contributed by atoms with Crippen LogP contribution in [-0.2, 0) is 4.79 Å². The molecule has 1 atom stereocenters. The fourth-order valence-corrected chi connectivity index (χ4v) is 1.77. The van der Waals surface area contributed by atoms with Crippen LogP contribution in [-0.4, -0.2) is 16.6 Å². The van der Waals surface area contributed by atoms with Crippen molar-refractivity contribution in [1.82, 2.24) is 0 Å². The summed E-state index contributed by atoms with van der Waals surface area (Å²) in [5.74, 6) is 0.196. The van der Waals surface area contributed by atoms with Crippen molar-refractivity contribution in [2.24, 2.45) is 11.7 Å². The Morgan fingerprint density at radius 3 is 2.43 bits per heavy atom. The normalized spacial score (nSPS) is 15.5. The zero-order chi connectivity index (χ0) is 11.2. The van der Waals surface area contributed by atoms with E-state index in [1.807, 2.05) is 6.92 Å². The van der Waals surface area contributed by atoms with Gasteiger partial charge in [0.15, 0.2) is 0 Å². The number of primary amides is 1. The van der Waals surface area contributed by atoms with Crippen LogP contribution in [0.3, 0.4) is 0 Å². The van der Waals surface area contributed by atoms with Crippen LogP contribution in [0.1, 0.15) is 52.9 Å². The number of rotatable bonds is 7. The third kappa shape index (κ3) is 5.97. The van der Waals surface area contributed by atoms with Gasteiger partial charge in [0.05, 0.1) is 5.60 Å². The minimum absolute atomic E-state index is 0.284. The molecule has 1 unspecified atom stereocenters. The lowest BCUT2D eigenvalue weighted by atomic mass is 9.85. The van der Waals surface area contributed by atoms with Gasteiger partial charge in [-0.1, -0.05) is 20.8 Å². The maximum absolute atomic E-state index is 10.5. The Kier molecular flexibility index (Phi) is 5.77. The monoisotopic (exact) mass is 201 g/mol. The minimum Gasteiger partial charge on any atom is -0.390 e. The van der Waals surface area contributed by atoms with Crippen molar-refractivity contribution < 1.29 is 9.90 Å². The van der Waals surface area contributed by atoms with Gasteiger partial charge in [-0.05, 0) is 31.6 Å². The van der Waals surface area contributed by atoms with Crippen molar-refractivity contribution in [2.75, 3.05) is 0 Å². The highest BCUT2D eigenvalue weighted by molar-refractivity contribution is 5.73. The molecule has 84 valence electrons. The molecule has 3 nitrogen and oxygen atoms in total. The summed E-state index contributed by atoms with van der Waals surface area (Å²) in [7, 11) is 0. The predicted molar refractivity (Wildman–Crippen MR) is 57.7 cm³/mol. The minimum atomic E-state index is -0.608. The standard InChI is InChI=1S/C11H23NO2/c1-4-11(14,8-9(2)3)7-5-6-10(12)13/h9,14H,4-8H2,1-3H3,(H2,12,13). The van der Waals surface area contributed by atoms with Crippen LogP contribution in [0.5, 0.6) is 0 Å². The number of amides is 1. The van der Waals surface area contributed by atoms with Gasteiger partial charge in [-0.15, -0.1) is 0 Å². The van der Waals surface area contributed by atoms with Crippen LogP contribution < -0.4 is 5.73 Å². The van der Waals surface area contributed by atoms with Crippen molar-refractivity contribution >= 4 is 5.91 Å². The van der Waals surface area contributed by atoms with Gasteiger partial charge >= 0.3 is 0 Å². The zero-order valence-corrected chi connectivity index (χ0v) is 9.55. The molecule has 0 bridgehead atoms. The second-order valence-corrected chi connectivity index (χ2v) is 4.50. The van der Waals surface area contributed by atoms with E-state index in [4.69, 9.17) is 5.73 Å². The molecule has 0 aliphatic carbocycles. The summed E-state index contributed by atoms with van der Waals surface area (Å²) < 4.78 is 0. The maximum Gasteiger partial charge on any atom is 0.217 e. The Morgan fingerprint density at radius 2 is 2.07 bits per heavy atom. The molecule has 0 saturated heterocycles. The second kappa shape index (κ2) is 6.02. The van der Waals surface area contributed by atoms with E-state index < -0.39 is 5.60 Å². The van der Waals surface area contributed by atoms with E-state index in [2.05, 4.69) is 13.8 Å². The Balaban J connectivity index is 3.92. The molecule has 0 aliphatic rings. The lowest BCUT2D eigenvalue weighted by molar-refractivity contribution is -0.118. The number of hydrogen-bond acceptors (Lipinski definition) is 2. The summed E-state index contributed by atoms with van der Waals surface area (Å²) in [6, 6.07) is 0. The van der Waals surface area contributed by atoms with Crippen molar-refractivity contribution in [3.8, 4) is 0 Å². The third-order valence-electron chi connectivity index (χ3n) is 2.51. The first kappa shape index (κ1) is 13.4. The quantitative estimate of drug-likeness (QED) is 0.660. The Bertz CT molecular complexity index is 180. The first-order chi connectivity index (χ1) is 6.39. The van der Waals surface area contributed by atoms with Crippen LogP contribution in [0.25, 0.3) is 0 Å². The lowest BCUT2D eigenvalue weighted by Gasteiger charge is -2.28. The molecule has 0 aromatic rings. The average molecular weight is 201 g/mol. The van der Waals surface area contributed by atoms with Crippen molar-refractivity contribution in [3.05, 3.63) is 0 Å². The van der Waals surface area contributed by atoms with Gasteiger partial charge in [0.2, 0.25) is 5.91 Å². The number of aliphatic hydroxyl groups is 1. The topological polar surface area (TPSA) is 63.3 Å². The summed E-state index contributed by atoms with van der Waals surface area (Å²) in [5.41, 5.74) is 4.44. The average Bonchev–Trinajstić information content (AvgIpc) is 2.02. The van der Waals surface area contributed by atoms with Gasteiger partial charge in [-0.2, -0.15) is 0 Å². The fraction of sp³-hybridized carbons (Fsp3) is 0.909. The highest BCUT2D eigenvalue weighted by Gasteiger charge is 2.25. The van der Waals surface area contributed by atoms with Gasteiger partial charge in [0, 0.05) is 6.42 Å². The molecule has 14 heavy (non-hydrogen) atoms. The van der Waals surface area contributed by atoms with Crippen LogP contribution >= 0.6 is 0 Å². The molecule has 0 heterocycles. The fourth-order valence-electron chi connectivity index (χ4n) is 1.77. The molecule has 0 spiro atoms. The van der Waals surface area contributed by atoms with E-state index >= 15 is 0 Å².